The van der Waals surface area contributed by atoms with Crippen molar-refractivity contribution in [1.29, 1.82) is 0 Å². The highest BCUT2D eigenvalue weighted by Crippen LogP contribution is 2.38. The number of halogens is 2. The van der Waals surface area contributed by atoms with E-state index in [1.807, 2.05) is 0 Å². The molecule has 8 heteroatoms. The molecule has 0 atom stereocenters. The van der Waals surface area contributed by atoms with E-state index in [9.17, 15) is 9.18 Å². The Kier molecular flexibility index (Phi) is 5.41. The van der Waals surface area contributed by atoms with Gasteiger partial charge in [0.15, 0.2) is 5.82 Å². The van der Waals surface area contributed by atoms with E-state index in [-0.39, 0.29) is 17.0 Å². The largest absolute Gasteiger partial charge is 0.378 e. The molecule has 0 spiro atoms. The van der Waals surface area contributed by atoms with Crippen molar-refractivity contribution in [3.8, 4) is 0 Å². The highest BCUT2D eigenvalue weighted by atomic mass is 35.5. The van der Waals surface area contributed by atoms with Gasteiger partial charge < -0.3 is 14.2 Å². The number of aromatic nitrogens is 2. The van der Waals surface area contributed by atoms with Crippen LogP contribution in [0.3, 0.4) is 0 Å². The van der Waals surface area contributed by atoms with Crippen LogP contribution in [0.5, 0.6) is 0 Å². The summed E-state index contributed by atoms with van der Waals surface area (Å²) in [4.78, 5) is 18.7. The quantitative estimate of drug-likeness (QED) is 0.750. The van der Waals surface area contributed by atoms with Gasteiger partial charge in [0.05, 0.1) is 17.7 Å². The van der Waals surface area contributed by atoms with E-state index in [2.05, 4.69) is 10.1 Å². The van der Waals surface area contributed by atoms with E-state index < -0.39 is 5.82 Å². The Labute approximate surface area is 161 Å². The maximum Gasteiger partial charge on any atom is 0.253 e. The SMILES string of the molecule is O=C(c1ccc(F)c(Cl)c1)N1CCC(OCCc2noc(C3CC3)n2)CC1. The monoisotopic (exact) mass is 393 g/mol. The summed E-state index contributed by atoms with van der Waals surface area (Å²) in [6.07, 6.45) is 4.55. The summed E-state index contributed by atoms with van der Waals surface area (Å²) in [5.41, 5.74) is 0.407. The van der Waals surface area contributed by atoms with Crippen molar-refractivity contribution in [3.05, 3.63) is 46.3 Å². The average Bonchev–Trinajstić information content (AvgIpc) is 3.43. The molecule has 0 unspecified atom stereocenters. The summed E-state index contributed by atoms with van der Waals surface area (Å²) >= 11 is 5.77. The van der Waals surface area contributed by atoms with Crippen molar-refractivity contribution in [1.82, 2.24) is 15.0 Å². The van der Waals surface area contributed by atoms with Crippen LogP contribution in [0.15, 0.2) is 22.7 Å². The fourth-order valence-electron chi connectivity index (χ4n) is 3.22. The van der Waals surface area contributed by atoms with Gasteiger partial charge in [-0.05, 0) is 43.9 Å². The first kappa shape index (κ1) is 18.4. The van der Waals surface area contributed by atoms with Crippen LogP contribution in [0.1, 0.15) is 53.7 Å². The zero-order chi connectivity index (χ0) is 18.8. The molecular weight excluding hydrogens is 373 g/mol. The van der Waals surface area contributed by atoms with Crippen LogP contribution in [-0.2, 0) is 11.2 Å². The number of benzene rings is 1. The van der Waals surface area contributed by atoms with E-state index in [0.29, 0.717) is 43.4 Å². The molecule has 1 amide bonds. The fourth-order valence-corrected chi connectivity index (χ4v) is 3.40. The molecule has 1 aromatic heterocycles. The predicted molar refractivity (Wildman–Crippen MR) is 96.3 cm³/mol. The zero-order valence-electron chi connectivity index (χ0n) is 14.9. The second-order valence-electron chi connectivity index (χ2n) is 7.06. The average molecular weight is 394 g/mol. The molecular formula is C19H21ClFN3O3. The van der Waals surface area contributed by atoms with Crippen LogP contribution in [0.2, 0.25) is 5.02 Å². The van der Waals surface area contributed by atoms with Crippen LogP contribution in [-0.4, -0.2) is 46.7 Å². The van der Waals surface area contributed by atoms with Crippen molar-refractivity contribution in [2.24, 2.45) is 0 Å². The van der Waals surface area contributed by atoms with Crippen LogP contribution in [0.25, 0.3) is 0 Å². The molecule has 2 aliphatic rings. The smallest absolute Gasteiger partial charge is 0.253 e. The number of carbonyl (C=O) groups is 1. The highest BCUT2D eigenvalue weighted by Gasteiger charge is 2.29. The van der Waals surface area contributed by atoms with E-state index in [0.717, 1.165) is 31.6 Å². The molecule has 1 saturated carbocycles. The molecule has 1 aliphatic carbocycles. The number of rotatable bonds is 6. The van der Waals surface area contributed by atoms with Gasteiger partial charge in [-0.1, -0.05) is 16.8 Å². The Bertz CT molecular complexity index is 816. The predicted octanol–water partition coefficient (Wildman–Crippen LogP) is 3.60. The van der Waals surface area contributed by atoms with Crippen molar-refractivity contribution in [2.45, 2.75) is 44.1 Å². The van der Waals surface area contributed by atoms with Gasteiger partial charge in [-0.2, -0.15) is 4.98 Å². The normalized spacial score (nSPS) is 18.1. The fraction of sp³-hybridized carbons (Fsp3) is 0.526. The standard InChI is InChI=1S/C19H21ClFN3O3/c20-15-11-13(3-4-16(15)21)19(25)24-8-5-14(6-9-24)26-10-7-17-22-18(27-23-17)12-1-2-12/h3-4,11-12,14H,1-2,5-10H2. The van der Waals surface area contributed by atoms with Gasteiger partial charge >= 0.3 is 0 Å². The number of amides is 1. The molecule has 2 fully saturated rings. The third-order valence-electron chi connectivity index (χ3n) is 4.99. The topological polar surface area (TPSA) is 68.5 Å². The van der Waals surface area contributed by atoms with Crippen molar-refractivity contribution < 1.29 is 18.4 Å². The van der Waals surface area contributed by atoms with Gasteiger partial charge in [-0.25, -0.2) is 4.39 Å². The van der Waals surface area contributed by atoms with Gasteiger partial charge in [-0.15, -0.1) is 0 Å². The van der Waals surface area contributed by atoms with Crippen molar-refractivity contribution in [3.63, 3.8) is 0 Å². The van der Waals surface area contributed by atoms with Crippen molar-refractivity contribution >= 4 is 17.5 Å². The number of hydrogen-bond acceptors (Lipinski definition) is 5. The van der Waals surface area contributed by atoms with E-state index in [1.54, 1.807) is 4.90 Å². The lowest BCUT2D eigenvalue weighted by molar-refractivity contribution is 0.00947. The minimum absolute atomic E-state index is 0.0367. The molecule has 1 aliphatic heterocycles. The van der Waals surface area contributed by atoms with Crippen LogP contribution < -0.4 is 0 Å². The summed E-state index contributed by atoms with van der Waals surface area (Å²) < 4.78 is 24.4. The summed E-state index contributed by atoms with van der Waals surface area (Å²) in [6, 6.07) is 4.06. The molecule has 2 heterocycles. The number of nitrogens with zero attached hydrogens (tertiary/aromatic N) is 3. The highest BCUT2D eigenvalue weighted by molar-refractivity contribution is 6.31. The number of hydrogen-bond donors (Lipinski definition) is 0. The Hall–Kier alpha value is -1.99. The third kappa shape index (κ3) is 4.47. The van der Waals surface area contributed by atoms with E-state index in [4.69, 9.17) is 20.9 Å². The number of ether oxygens (including phenoxy) is 1. The maximum absolute atomic E-state index is 13.3. The Morgan fingerprint density at radius 3 is 2.78 bits per heavy atom. The Morgan fingerprint density at radius 1 is 1.30 bits per heavy atom. The summed E-state index contributed by atoms with van der Waals surface area (Å²) in [5, 5.41) is 3.95. The van der Waals surface area contributed by atoms with Gasteiger partial charge in [-0.3, -0.25) is 4.79 Å². The Balaban J connectivity index is 1.21. The molecule has 0 bridgehead atoms. The molecule has 27 heavy (non-hydrogen) atoms. The summed E-state index contributed by atoms with van der Waals surface area (Å²) in [5.74, 6) is 1.25. The minimum atomic E-state index is -0.522. The van der Waals surface area contributed by atoms with Gasteiger partial charge in [0.1, 0.15) is 5.82 Å². The van der Waals surface area contributed by atoms with Crippen molar-refractivity contribution in [2.75, 3.05) is 19.7 Å². The first-order chi connectivity index (χ1) is 13.1. The van der Waals surface area contributed by atoms with Crippen LogP contribution >= 0.6 is 11.6 Å². The first-order valence-corrected chi connectivity index (χ1v) is 9.66. The van der Waals surface area contributed by atoms with Crippen LogP contribution in [0, 0.1) is 5.82 Å². The van der Waals surface area contributed by atoms with E-state index in [1.165, 1.54) is 18.2 Å². The van der Waals surface area contributed by atoms with Gasteiger partial charge in [0, 0.05) is 31.0 Å². The maximum atomic E-state index is 13.3. The lowest BCUT2D eigenvalue weighted by Crippen LogP contribution is -2.41. The summed E-state index contributed by atoms with van der Waals surface area (Å²) in [6.45, 7) is 1.74. The molecule has 0 N–H and O–H groups in total. The molecule has 1 saturated heterocycles. The molecule has 144 valence electrons. The number of piperidine rings is 1. The van der Waals surface area contributed by atoms with Gasteiger partial charge in [0.25, 0.3) is 5.91 Å². The number of likely N-dealkylation sites (tertiary alicyclic amines) is 1. The number of carbonyl (C=O) groups excluding carboxylic acids is 1. The minimum Gasteiger partial charge on any atom is -0.378 e. The Morgan fingerprint density at radius 2 is 2.07 bits per heavy atom. The molecule has 2 aromatic rings. The lowest BCUT2D eigenvalue weighted by Gasteiger charge is -2.32. The second kappa shape index (κ2) is 7.94. The first-order valence-electron chi connectivity index (χ1n) is 9.28. The van der Waals surface area contributed by atoms with E-state index >= 15 is 0 Å². The zero-order valence-corrected chi connectivity index (χ0v) is 15.6. The molecule has 1 aromatic carbocycles. The third-order valence-corrected chi connectivity index (χ3v) is 5.28. The van der Waals surface area contributed by atoms with Gasteiger partial charge in [0.2, 0.25) is 5.89 Å². The second-order valence-corrected chi connectivity index (χ2v) is 7.47. The molecule has 6 nitrogen and oxygen atoms in total. The molecule has 0 radical (unpaired) electrons. The lowest BCUT2D eigenvalue weighted by atomic mass is 10.1. The van der Waals surface area contributed by atoms with Crippen LogP contribution in [0.4, 0.5) is 4.39 Å². The molecule has 4 rings (SSSR count). The summed E-state index contributed by atoms with van der Waals surface area (Å²) in [7, 11) is 0.